The van der Waals surface area contributed by atoms with E-state index in [4.69, 9.17) is 9.97 Å². The average Bonchev–Trinajstić information content (AvgIpc) is 2.98. The van der Waals surface area contributed by atoms with Crippen LogP contribution in [0.15, 0.2) is 24.3 Å². The van der Waals surface area contributed by atoms with Crippen molar-refractivity contribution in [3.63, 3.8) is 0 Å². The number of aromatic nitrogens is 3. The van der Waals surface area contributed by atoms with E-state index in [0.29, 0.717) is 0 Å². The van der Waals surface area contributed by atoms with E-state index in [-0.39, 0.29) is 0 Å². The SMILES string of the molecule is Cc1nc2c(c(N3CCc4c([nH]c5ccccc45)C3)n1)CCCC2. The number of fused-ring (bicyclic) bond motifs is 4. The molecule has 1 aliphatic carbocycles. The van der Waals surface area contributed by atoms with Crippen LogP contribution < -0.4 is 4.90 Å². The lowest BCUT2D eigenvalue weighted by molar-refractivity contribution is 0.640. The summed E-state index contributed by atoms with van der Waals surface area (Å²) in [6.45, 7) is 3.99. The largest absolute Gasteiger partial charge is 0.357 e. The molecule has 0 atom stereocenters. The summed E-state index contributed by atoms with van der Waals surface area (Å²) >= 11 is 0. The summed E-state index contributed by atoms with van der Waals surface area (Å²) in [5.41, 5.74) is 6.77. The van der Waals surface area contributed by atoms with Crippen LogP contribution in [0, 0.1) is 6.92 Å². The monoisotopic (exact) mass is 318 g/mol. The first-order valence-corrected chi connectivity index (χ1v) is 8.99. The Balaban J connectivity index is 1.57. The first-order valence-electron chi connectivity index (χ1n) is 8.99. The second-order valence-corrected chi connectivity index (χ2v) is 7.03. The molecule has 122 valence electrons. The van der Waals surface area contributed by atoms with Gasteiger partial charge >= 0.3 is 0 Å². The first-order chi connectivity index (χ1) is 11.8. The van der Waals surface area contributed by atoms with Gasteiger partial charge in [0.2, 0.25) is 0 Å². The van der Waals surface area contributed by atoms with Gasteiger partial charge < -0.3 is 9.88 Å². The third-order valence-electron chi connectivity index (χ3n) is 5.46. The molecule has 3 aromatic rings. The van der Waals surface area contributed by atoms with E-state index in [0.717, 1.165) is 38.2 Å². The van der Waals surface area contributed by atoms with Crippen molar-refractivity contribution in [3.8, 4) is 0 Å². The number of hydrogen-bond donors (Lipinski definition) is 1. The molecule has 0 unspecified atom stereocenters. The number of benzene rings is 1. The van der Waals surface area contributed by atoms with E-state index in [1.165, 1.54) is 52.1 Å². The molecule has 0 spiro atoms. The van der Waals surface area contributed by atoms with Crippen molar-refractivity contribution in [2.75, 3.05) is 11.4 Å². The van der Waals surface area contributed by atoms with Crippen LogP contribution in [0.2, 0.25) is 0 Å². The van der Waals surface area contributed by atoms with Gasteiger partial charge in [0, 0.05) is 34.4 Å². The fraction of sp³-hybridized carbons (Fsp3) is 0.400. The van der Waals surface area contributed by atoms with Crippen LogP contribution >= 0.6 is 0 Å². The fourth-order valence-electron chi connectivity index (χ4n) is 4.33. The number of aryl methyl sites for hydroxylation is 2. The van der Waals surface area contributed by atoms with Crippen molar-refractivity contribution in [2.24, 2.45) is 0 Å². The standard InChI is InChI=1S/C20H22N4/c1-13-21-18-9-5-3-7-16(18)20(22-13)24-11-10-15-14-6-2-4-8-17(14)23-19(15)12-24/h2,4,6,8,23H,3,5,7,9-12H2,1H3. The maximum atomic E-state index is 4.84. The van der Waals surface area contributed by atoms with Crippen molar-refractivity contribution in [1.82, 2.24) is 15.0 Å². The molecule has 3 heterocycles. The van der Waals surface area contributed by atoms with Crippen LogP contribution in [-0.4, -0.2) is 21.5 Å². The predicted octanol–water partition coefficient (Wildman–Crippen LogP) is 3.71. The van der Waals surface area contributed by atoms with Gasteiger partial charge in [0.1, 0.15) is 11.6 Å². The second-order valence-electron chi connectivity index (χ2n) is 7.03. The van der Waals surface area contributed by atoms with Gasteiger partial charge in [0.25, 0.3) is 0 Å². The second kappa shape index (κ2) is 5.33. The van der Waals surface area contributed by atoms with Crippen LogP contribution in [0.3, 0.4) is 0 Å². The first kappa shape index (κ1) is 14.0. The van der Waals surface area contributed by atoms with E-state index >= 15 is 0 Å². The summed E-state index contributed by atoms with van der Waals surface area (Å²) in [6, 6.07) is 8.64. The quantitative estimate of drug-likeness (QED) is 0.744. The Hall–Kier alpha value is -2.36. The molecule has 2 aromatic heterocycles. The van der Waals surface area contributed by atoms with Gasteiger partial charge in [-0.15, -0.1) is 0 Å². The molecule has 0 fully saturated rings. The highest BCUT2D eigenvalue weighted by Gasteiger charge is 2.25. The molecule has 4 heteroatoms. The van der Waals surface area contributed by atoms with E-state index in [1.54, 1.807) is 0 Å². The number of rotatable bonds is 1. The molecule has 24 heavy (non-hydrogen) atoms. The lowest BCUT2D eigenvalue weighted by Gasteiger charge is -2.31. The fourth-order valence-corrected chi connectivity index (χ4v) is 4.33. The van der Waals surface area contributed by atoms with E-state index < -0.39 is 0 Å². The predicted molar refractivity (Wildman–Crippen MR) is 96.5 cm³/mol. The highest BCUT2D eigenvalue weighted by atomic mass is 15.2. The van der Waals surface area contributed by atoms with Crippen LogP contribution in [0.1, 0.15) is 41.2 Å². The Labute approximate surface area is 141 Å². The number of anilines is 1. The number of para-hydroxylation sites is 1. The van der Waals surface area contributed by atoms with Crippen LogP contribution in [0.4, 0.5) is 5.82 Å². The highest BCUT2D eigenvalue weighted by Crippen LogP contribution is 2.33. The summed E-state index contributed by atoms with van der Waals surface area (Å²) in [7, 11) is 0. The zero-order valence-electron chi connectivity index (χ0n) is 14.1. The minimum atomic E-state index is 0.910. The topological polar surface area (TPSA) is 44.8 Å². The number of aromatic amines is 1. The van der Waals surface area contributed by atoms with Gasteiger partial charge in [-0.25, -0.2) is 9.97 Å². The smallest absolute Gasteiger partial charge is 0.136 e. The zero-order chi connectivity index (χ0) is 16.1. The highest BCUT2D eigenvalue weighted by molar-refractivity contribution is 5.85. The summed E-state index contributed by atoms with van der Waals surface area (Å²) in [5, 5.41) is 1.38. The molecular formula is C20H22N4. The number of nitrogens with one attached hydrogen (secondary N) is 1. The zero-order valence-corrected chi connectivity index (χ0v) is 14.1. The molecule has 5 rings (SSSR count). The van der Waals surface area contributed by atoms with Crippen molar-refractivity contribution >= 4 is 16.7 Å². The van der Waals surface area contributed by atoms with Gasteiger partial charge in [-0.05, 0) is 50.7 Å². The number of hydrogen-bond acceptors (Lipinski definition) is 3. The minimum absolute atomic E-state index is 0.910. The third-order valence-corrected chi connectivity index (χ3v) is 5.46. The van der Waals surface area contributed by atoms with Crippen LogP contribution in [0.25, 0.3) is 10.9 Å². The average molecular weight is 318 g/mol. The Morgan fingerprint density at radius 1 is 1.00 bits per heavy atom. The summed E-state index contributed by atoms with van der Waals surface area (Å²) in [6.07, 6.45) is 5.84. The van der Waals surface area contributed by atoms with Crippen molar-refractivity contribution in [2.45, 2.75) is 45.6 Å². The molecule has 0 saturated carbocycles. The maximum Gasteiger partial charge on any atom is 0.136 e. The number of nitrogens with zero attached hydrogens (tertiary/aromatic N) is 3. The van der Waals surface area contributed by atoms with E-state index in [9.17, 15) is 0 Å². The molecule has 0 amide bonds. The van der Waals surface area contributed by atoms with Gasteiger partial charge in [0.15, 0.2) is 0 Å². The third kappa shape index (κ3) is 2.13. The molecule has 2 aliphatic rings. The van der Waals surface area contributed by atoms with E-state index in [2.05, 4.69) is 34.1 Å². The van der Waals surface area contributed by atoms with Crippen molar-refractivity contribution in [3.05, 3.63) is 52.6 Å². The maximum absolute atomic E-state index is 4.84. The van der Waals surface area contributed by atoms with Gasteiger partial charge in [-0.2, -0.15) is 0 Å². The minimum Gasteiger partial charge on any atom is -0.357 e. The molecule has 1 aromatic carbocycles. The summed E-state index contributed by atoms with van der Waals surface area (Å²) < 4.78 is 0. The lowest BCUT2D eigenvalue weighted by Crippen LogP contribution is -2.32. The van der Waals surface area contributed by atoms with Gasteiger partial charge in [-0.3, -0.25) is 0 Å². The Kier molecular flexibility index (Phi) is 3.12. The van der Waals surface area contributed by atoms with Gasteiger partial charge in [0.05, 0.1) is 6.54 Å². The molecule has 0 bridgehead atoms. The van der Waals surface area contributed by atoms with Crippen molar-refractivity contribution < 1.29 is 0 Å². The van der Waals surface area contributed by atoms with Gasteiger partial charge in [-0.1, -0.05) is 18.2 Å². The van der Waals surface area contributed by atoms with Crippen LogP contribution in [0.5, 0.6) is 0 Å². The molecule has 1 aliphatic heterocycles. The Morgan fingerprint density at radius 3 is 2.83 bits per heavy atom. The molecular weight excluding hydrogens is 296 g/mol. The molecule has 0 radical (unpaired) electrons. The Morgan fingerprint density at radius 2 is 1.88 bits per heavy atom. The van der Waals surface area contributed by atoms with Crippen LogP contribution in [-0.2, 0) is 25.8 Å². The van der Waals surface area contributed by atoms with Crippen molar-refractivity contribution in [1.29, 1.82) is 0 Å². The summed E-state index contributed by atoms with van der Waals surface area (Å²) in [4.78, 5) is 15.6. The van der Waals surface area contributed by atoms with E-state index in [1.807, 2.05) is 6.92 Å². The number of H-pyrrole nitrogens is 1. The lowest BCUT2D eigenvalue weighted by atomic mass is 9.95. The normalized spacial score (nSPS) is 17.0. The molecule has 1 N–H and O–H groups in total. The molecule has 0 saturated heterocycles. The summed E-state index contributed by atoms with van der Waals surface area (Å²) in [5.74, 6) is 2.09. The molecule has 4 nitrogen and oxygen atoms in total. The Bertz CT molecular complexity index is 925.